The van der Waals surface area contributed by atoms with Gasteiger partial charge >= 0.3 is 6.16 Å². The number of nitrogens with one attached hydrogen (secondary N) is 1. The number of carboxylic acid groups (broad SMARTS) is 1. The first-order valence-corrected chi connectivity index (χ1v) is 7.26. The number of fused-ring (bicyclic) bond motifs is 1. The van der Waals surface area contributed by atoms with E-state index in [2.05, 4.69) is 26.0 Å². The highest BCUT2D eigenvalue weighted by Crippen LogP contribution is 2.44. The maximum atomic E-state index is 10.7. The van der Waals surface area contributed by atoms with Gasteiger partial charge in [-0.25, -0.2) is 4.79 Å². The third-order valence-corrected chi connectivity index (χ3v) is 3.96. The summed E-state index contributed by atoms with van der Waals surface area (Å²) in [5.41, 5.74) is 1.84. The van der Waals surface area contributed by atoms with Crippen molar-refractivity contribution in [1.82, 2.24) is 5.32 Å². The van der Waals surface area contributed by atoms with Crippen molar-refractivity contribution in [3.05, 3.63) is 46.0 Å². The molecule has 0 bridgehead atoms. The van der Waals surface area contributed by atoms with Gasteiger partial charge in [0.2, 0.25) is 0 Å². The average molecular weight is 387 g/mol. The molecule has 102 valence electrons. The molecule has 0 radical (unpaired) electrons. The first-order chi connectivity index (χ1) is 8.85. The standard InChI is InChI=1S/C11H7BrCl3NO3/c12-3-5-1-6-7(13)2-11(14,15)9(19-10(17)18)8(6)16-4-5/h1-2,4,16H,3H2,(H,17,18). The van der Waals surface area contributed by atoms with Crippen LogP contribution in [0.25, 0.3) is 0 Å². The van der Waals surface area contributed by atoms with Crippen LogP contribution in [-0.4, -0.2) is 20.9 Å². The van der Waals surface area contributed by atoms with Crippen LogP contribution in [0.15, 0.2) is 46.0 Å². The highest BCUT2D eigenvalue weighted by molar-refractivity contribution is 9.09. The van der Waals surface area contributed by atoms with Crippen molar-refractivity contribution in [2.75, 3.05) is 5.33 Å². The van der Waals surface area contributed by atoms with Crippen molar-refractivity contribution in [1.29, 1.82) is 0 Å². The number of allylic oxidation sites excluding steroid dienone is 4. The Bertz CT molecular complexity index is 564. The summed E-state index contributed by atoms with van der Waals surface area (Å²) in [4.78, 5) is 10.7. The lowest BCUT2D eigenvalue weighted by molar-refractivity contribution is 0.115. The zero-order chi connectivity index (χ0) is 14.2. The van der Waals surface area contributed by atoms with Crippen LogP contribution in [-0.2, 0) is 4.74 Å². The van der Waals surface area contributed by atoms with Crippen LogP contribution in [0.2, 0.25) is 0 Å². The van der Waals surface area contributed by atoms with Crippen LogP contribution >= 0.6 is 50.7 Å². The van der Waals surface area contributed by atoms with E-state index in [-0.39, 0.29) is 5.76 Å². The van der Waals surface area contributed by atoms with Crippen LogP contribution < -0.4 is 5.32 Å². The van der Waals surface area contributed by atoms with Gasteiger partial charge in [0.05, 0.1) is 5.70 Å². The van der Waals surface area contributed by atoms with E-state index in [4.69, 9.17) is 39.9 Å². The van der Waals surface area contributed by atoms with E-state index in [0.717, 1.165) is 5.57 Å². The molecule has 0 saturated carbocycles. The molecule has 8 heteroatoms. The Hall–Kier alpha value is -0.620. The van der Waals surface area contributed by atoms with Gasteiger partial charge in [0, 0.05) is 22.1 Å². The molecule has 4 nitrogen and oxygen atoms in total. The average Bonchev–Trinajstić information content (AvgIpc) is 2.33. The summed E-state index contributed by atoms with van der Waals surface area (Å²) in [5.74, 6) is -0.121. The number of alkyl halides is 3. The van der Waals surface area contributed by atoms with Crippen LogP contribution in [0.3, 0.4) is 0 Å². The summed E-state index contributed by atoms with van der Waals surface area (Å²) in [6.45, 7) is 0. The smallest absolute Gasteiger partial charge is 0.449 e. The number of halogens is 4. The molecule has 1 heterocycles. The molecule has 1 aliphatic heterocycles. The van der Waals surface area contributed by atoms with Gasteiger partial charge in [-0.3, -0.25) is 0 Å². The van der Waals surface area contributed by atoms with E-state index in [9.17, 15) is 4.79 Å². The minimum atomic E-state index is -1.64. The molecule has 2 aliphatic rings. The van der Waals surface area contributed by atoms with Gasteiger partial charge in [0.25, 0.3) is 0 Å². The third kappa shape index (κ3) is 2.94. The Balaban J connectivity index is 2.53. The lowest BCUT2D eigenvalue weighted by Gasteiger charge is -2.29. The quantitative estimate of drug-likeness (QED) is 0.555. The van der Waals surface area contributed by atoms with Crippen molar-refractivity contribution in [2.24, 2.45) is 0 Å². The molecule has 0 unspecified atom stereocenters. The molecule has 0 saturated heterocycles. The second-order valence-corrected chi connectivity index (χ2v) is 6.10. The van der Waals surface area contributed by atoms with Crippen LogP contribution in [0.1, 0.15) is 0 Å². The van der Waals surface area contributed by atoms with Gasteiger partial charge in [-0.05, 0) is 17.7 Å². The fourth-order valence-electron chi connectivity index (χ4n) is 1.67. The number of ether oxygens (including phenoxy) is 1. The zero-order valence-electron chi connectivity index (χ0n) is 9.21. The summed E-state index contributed by atoms with van der Waals surface area (Å²) in [7, 11) is 0. The molecule has 0 spiro atoms. The molecule has 1 aliphatic carbocycles. The Morgan fingerprint density at radius 3 is 2.79 bits per heavy atom. The Morgan fingerprint density at radius 2 is 2.21 bits per heavy atom. The van der Waals surface area contributed by atoms with Crippen LogP contribution in [0.4, 0.5) is 4.79 Å². The lowest BCUT2D eigenvalue weighted by Crippen LogP contribution is -2.30. The third-order valence-electron chi connectivity index (χ3n) is 2.44. The molecule has 2 N–H and O–H groups in total. The molecular weight excluding hydrogens is 380 g/mol. The molecular formula is C11H7BrCl3NO3. The van der Waals surface area contributed by atoms with Crippen LogP contribution in [0.5, 0.6) is 0 Å². The molecule has 0 atom stereocenters. The topological polar surface area (TPSA) is 58.6 Å². The summed E-state index contributed by atoms with van der Waals surface area (Å²) in [6, 6.07) is 0. The van der Waals surface area contributed by atoms with Gasteiger partial charge in [0.1, 0.15) is 0 Å². The SMILES string of the molecule is O=C(O)OC1=C2NC=C(CBr)C=C2C(Cl)=CC1(Cl)Cl. The first kappa shape index (κ1) is 14.8. The maximum absolute atomic E-state index is 10.7. The monoisotopic (exact) mass is 385 g/mol. The lowest BCUT2D eigenvalue weighted by atomic mass is 9.98. The maximum Gasteiger partial charge on any atom is 0.511 e. The number of rotatable bonds is 2. The first-order valence-electron chi connectivity index (χ1n) is 5.01. The summed E-state index contributed by atoms with van der Waals surface area (Å²) < 4.78 is 3.03. The molecule has 19 heavy (non-hydrogen) atoms. The van der Waals surface area contributed by atoms with Gasteiger partial charge in [-0.15, -0.1) is 0 Å². The van der Waals surface area contributed by atoms with E-state index in [0.29, 0.717) is 21.6 Å². The second kappa shape index (κ2) is 5.40. The Labute approximate surface area is 132 Å². The van der Waals surface area contributed by atoms with Crippen molar-refractivity contribution in [3.63, 3.8) is 0 Å². The predicted octanol–water partition coefficient (Wildman–Crippen LogP) is 4.01. The molecule has 0 amide bonds. The van der Waals surface area contributed by atoms with E-state index >= 15 is 0 Å². The van der Waals surface area contributed by atoms with E-state index in [1.165, 1.54) is 6.08 Å². The Kier molecular flexibility index (Phi) is 4.20. The van der Waals surface area contributed by atoms with Crippen molar-refractivity contribution >= 4 is 56.9 Å². The highest BCUT2D eigenvalue weighted by atomic mass is 79.9. The normalized spacial score (nSPS) is 20.7. The van der Waals surface area contributed by atoms with Crippen molar-refractivity contribution in [3.8, 4) is 0 Å². The van der Waals surface area contributed by atoms with Crippen LogP contribution in [0, 0.1) is 0 Å². The molecule has 0 fully saturated rings. The van der Waals surface area contributed by atoms with Gasteiger partial charge in [-0.2, -0.15) is 0 Å². The highest BCUT2D eigenvalue weighted by Gasteiger charge is 2.40. The molecule has 0 aromatic rings. The fraction of sp³-hybridized carbons (Fsp3) is 0.182. The summed E-state index contributed by atoms with van der Waals surface area (Å²) >= 11 is 21.5. The number of carbonyl (C=O) groups is 1. The molecule has 2 rings (SSSR count). The minimum Gasteiger partial charge on any atom is -0.449 e. The van der Waals surface area contributed by atoms with E-state index in [1.807, 2.05) is 0 Å². The second-order valence-electron chi connectivity index (χ2n) is 3.74. The van der Waals surface area contributed by atoms with Gasteiger partial charge in [0.15, 0.2) is 10.1 Å². The van der Waals surface area contributed by atoms with E-state index < -0.39 is 10.5 Å². The van der Waals surface area contributed by atoms with Crippen molar-refractivity contribution in [2.45, 2.75) is 4.33 Å². The molecule has 0 aromatic carbocycles. The Morgan fingerprint density at radius 1 is 1.53 bits per heavy atom. The minimum absolute atomic E-state index is 0.121. The largest absolute Gasteiger partial charge is 0.511 e. The van der Waals surface area contributed by atoms with Gasteiger partial charge in [-0.1, -0.05) is 50.7 Å². The summed E-state index contributed by atoms with van der Waals surface area (Å²) in [6.07, 6.45) is 3.28. The number of hydrogen-bond acceptors (Lipinski definition) is 3. The predicted molar refractivity (Wildman–Crippen MR) is 77.6 cm³/mol. The zero-order valence-corrected chi connectivity index (χ0v) is 13.1. The van der Waals surface area contributed by atoms with E-state index in [1.54, 1.807) is 12.3 Å². The molecule has 0 aromatic heterocycles. The van der Waals surface area contributed by atoms with Gasteiger partial charge < -0.3 is 15.2 Å². The summed E-state index contributed by atoms with van der Waals surface area (Å²) in [5, 5.41) is 12.6. The fourth-order valence-corrected chi connectivity index (χ4v) is 2.90. The van der Waals surface area contributed by atoms with Crippen molar-refractivity contribution < 1.29 is 14.6 Å². The number of dihydropyridines is 1. The number of hydrogen-bond donors (Lipinski definition) is 2.